The maximum atomic E-state index is 12.9. The van der Waals surface area contributed by atoms with E-state index in [-0.39, 0.29) is 29.9 Å². The number of urea groups is 1. The van der Waals surface area contributed by atoms with Gasteiger partial charge >= 0.3 is 6.03 Å². The van der Waals surface area contributed by atoms with E-state index in [2.05, 4.69) is 41.8 Å². The molecule has 2 aromatic rings. The summed E-state index contributed by atoms with van der Waals surface area (Å²) in [6, 6.07) is 18.3. The van der Waals surface area contributed by atoms with Gasteiger partial charge in [-0.3, -0.25) is 4.79 Å². The average molecular weight is 408 g/mol. The molecule has 1 aliphatic rings. The van der Waals surface area contributed by atoms with E-state index in [9.17, 15) is 9.59 Å². The van der Waals surface area contributed by atoms with Crippen molar-refractivity contribution in [2.24, 2.45) is 5.92 Å². The lowest BCUT2D eigenvalue weighted by Gasteiger charge is -2.39. The van der Waals surface area contributed by atoms with Gasteiger partial charge < -0.3 is 15.5 Å². The fourth-order valence-corrected chi connectivity index (χ4v) is 3.99. The summed E-state index contributed by atoms with van der Waals surface area (Å²) in [5, 5.41) is 6.05. The number of carbonyl (C=O) groups is 2. The minimum atomic E-state index is -0.196. The maximum absolute atomic E-state index is 12.9. The molecule has 1 heterocycles. The van der Waals surface area contributed by atoms with Gasteiger partial charge in [-0.2, -0.15) is 0 Å². The van der Waals surface area contributed by atoms with E-state index < -0.39 is 0 Å². The molecule has 5 nitrogen and oxygen atoms in total. The number of hydrogen-bond donors (Lipinski definition) is 2. The molecule has 2 N–H and O–H groups in total. The predicted molar refractivity (Wildman–Crippen MR) is 120 cm³/mol. The van der Waals surface area contributed by atoms with Crippen LogP contribution in [0.25, 0.3) is 0 Å². The smallest absolute Gasteiger partial charge is 0.318 e. The Hall–Kier alpha value is -2.82. The molecule has 5 heteroatoms. The van der Waals surface area contributed by atoms with E-state index in [4.69, 9.17) is 0 Å². The van der Waals surface area contributed by atoms with Crippen LogP contribution in [0.5, 0.6) is 0 Å². The molecule has 0 spiro atoms. The topological polar surface area (TPSA) is 61.4 Å². The Balaban J connectivity index is 1.70. The summed E-state index contributed by atoms with van der Waals surface area (Å²) in [6.45, 7) is 6.99. The summed E-state index contributed by atoms with van der Waals surface area (Å²) in [5.41, 5.74) is 3.49. The zero-order valence-electron chi connectivity index (χ0n) is 18.2. The number of hydrogen-bond acceptors (Lipinski definition) is 2. The largest absolute Gasteiger partial charge is 0.352 e. The van der Waals surface area contributed by atoms with E-state index in [0.717, 1.165) is 30.4 Å². The highest BCUT2D eigenvalue weighted by Gasteiger charge is 2.35. The van der Waals surface area contributed by atoms with Crippen molar-refractivity contribution in [3.05, 3.63) is 71.3 Å². The van der Waals surface area contributed by atoms with Crippen molar-refractivity contribution in [3.8, 4) is 0 Å². The highest BCUT2D eigenvalue weighted by atomic mass is 16.2. The number of nitrogens with zero attached hydrogens (tertiary/aromatic N) is 1. The molecule has 0 radical (unpaired) electrons. The van der Waals surface area contributed by atoms with E-state index >= 15 is 0 Å². The molecule has 160 valence electrons. The zero-order chi connectivity index (χ0) is 21.5. The van der Waals surface area contributed by atoms with Gasteiger partial charge in [0.25, 0.3) is 0 Å². The van der Waals surface area contributed by atoms with Crippen molar-refractivity contribution < 1.29 is 9.59 Å². The molecular formula is C25H33N3O2. The molecule has 3 amide bonds. The summed E-state index contributed by atoms with van der Waals surface area (Å²) in [5.74, 6) is -0.182. The molecule has 2 atom stereocenters. The molecule has 0 aromatic heterocycles. The van der Waals surface area contributed by atoms with Crippen molar-refractivity contribution in [1.29, 1.82) is 0 Å². The van der Waals surface area contributed by atoms with Crippen LogP contribution in [0.3, 0.4) is 0 Å². The van der Waals surface area contributed by atoms with E-state index in [1.54, 1.807) is 0 Å². The predicted octanol–water partition coefficient (Wildman–Crippen LogP) is 4.44. The van der Waals surface area contributed by atoms with Gasteiger partial charge in [0.2, 0.25) is 5.91 Å². The second kappa shape index (κ2) is 10.3. The molecule has 1 aliphatic heterocycles. The third kappa shape index (κ3) is 5.62. The number of rotatable bonds is 6. The molecule has 2 aromatic carbocycles. The van der Waals surface area contributed by atoms with E-state index in [0.29, 0.717) is 13.1 Å². The monoisotopic (exact) mass is 407 g/mol. The van der Waals surface area contributed by atoms with Crippen LogP contribution >= 0.6 is 0 Å². The third-order valence-electron chi connectivity index (χ3n) is 5.71. The minimum absolute atomic E-state index is 0.00664. The summed E-state index contributed by atoms with van der Waals surface area (Å²) < 4.78 is 0. The number of benzene rings is 2. The second-order valence-corrected chi connectivity index (χ2v) is 8.35. The average Bonchev–Trinajstić information content (AvgIpc) is 2.77. The number of carbonyl (C=O) groups excluding carboxylic acids is 2. The Morgan fingerprint density at radius 3 is 2.33 bits per heavy atom. The molecule has 2 unspecified atom stereocenters. The van der Waals surface area contributed by atoms with Crippen molar-refractivity contribution in [3.63, 3.8) is 0 Å². The van der Waals surface area contributed by atoms with Gasteiger partial charge in [-0.05, 0) is 49.8 Å². The minimum Gasteiger partial charge on any atom is -0.352 e. The lowest BCUT2D eigenvalue weighted by Crippen LogP contribution is -2.51. The van der Waals surface area contributed by atoms with Gasteiger partial charge in [0.05, 0.1) is 12.0 Å². The van der Waals surface area contributed by atoms with Crippen molar-refractivity contribution in [1.82, 2.24) is 15.5 Å². The summed E-state index contributed by atoms with van der Waals surface area (Å²) >= 11 is 0. The van der Waals surface area contributed by atoms with Gasteiger partial charge in [-0.25, -0.2) is 4.79 Å². The zero-order valence-corrected chi connectivity index (χ0v) is 18.2. The SMILES string of the molecule is CCc1ccc(C2CCC(C(=O)NCc3ccccc3)CN2C(=O)NC(C)C)cc1. The summed E-state index contributed by atoms with van der Waals surface area (Å²) in [7, 11) is 0. The number of likely N-dealkylation sites (tertiary alicyclic amines) is 1. The van der Waals surface area contributed by atoms with Crippen LogP contribution in [0.1, 0.15) is 56.3 Å². The Kier molecular flexibility index (Phi) is 7.50. The molecular weight excluding hydrogens is 374 g/mol. The normalized spacial score (nSPS) is 18.9. The van der Waals surface area contributed by atoms with Crippen LogP contribution in [-0.2, 0) is 17.8 Å². The first-order valence-corrected chi connectivity index (χ1v) is 11.0. The first-order valence-electron chi connectivity index (χ1n) is 11.0. The van der Waals surface area contributed by atoms with Crippen LogP contribution in [0.2, 0.25) is 0 Å². The highest BCUT2D eigenvalue weighted by Crippen LogP contribution is 2.34. The van der Waals surface area contributed by atoms with Gasteiger partial charge in [0.1, 0.15) is 0 Å². The molecule has 0 aliphatic carbocycles. The number of nitrogens with one attached hydrogen (secondary N) is 2. The van der Waals surface area contributed by atoms with Crippen molar-refractivity contribution in [2.45, 2.75) is 58.7 Å². The summed E-state index contributed by atoms with van der Waals surface area (Å²) in [6.07, 6.45) is 2.54. The molecule has 30 heavy (non-hydrogen) atoms. The van der Waals surface area contributed by atoms with Crippen molar-refractivity contribution >= 4 is 11.9 Å². The standard InChI is InChI=1S/C25H33N3O2/c1-4-19-10-12-21(13-11-19)23-15-14-22(17-28(23)25(30)27-18(2)3)24(29)26-16-20-8-6-5-7-9-20/h5-13,18,22-23H,4,14-17H2,1-3H3,(H,26,29)(H,27,30). The van der Waals surface area contributed by atoms with Crippen LogP contribution in [0.15, 0.2) is 54.6 Å². The Morgan fingerprint density at radius 2 is 1.70 bits per heavy atom. The number of piperidine rings is 1. The summed E-state index contributed by atoms with van der Waals surface area (Å²) in [4.78, 5) is 27.6. The Morgan fingerprint density at radius 1 is 1.00 bits per heavy atom. The fraction of sp³-hybridized carbons (Fsp3) is 0.440. The van der Waals surface area contributed by atoms with Crippen LogP contribution in [-0.4, -0.2) is 29.4 Å². The first-order chi connectivity index (χ1) is 14.5. The second-order valence-electron chi connectivity index (χ2n) is 8.35. The lowest BCUT2D eigenvalue weighted by molar-refractivity contribution is -0.126. The van der Waals surface area contributed by atoms with Gasteiger partial charge in [0.15, 0.2) is 0 Å². The van der Waals surface area contributed by atoms with Gasteiger partial charge in [0, 0.05) is 19.1 Å². The third-order valence-corrected chi connectivity index (χ3v) is 5.71. The highest BCUT2D eigenvalue weighted by molar-refractivity contribution is 5.81. The number of amides is 3. The van der Waals surface area contributed by atoms with Crippen LogP contribution < -0.4 is 10.6 Å². The Bertz CT molecular complexity index is 833. The molecule has 0 bridgehead atoms. The first kappa shape index (κ1) is 21.9. The molecule has 1 fully saturated rings. The van der Waals surface area contributed by atoms with E-state index in [1.165, 1.54) is 5.56 Å². The van der Waals surface area contributed by atoms with Crippen LogP contribution in [0, 0.1) is 5.92 Å². The molecule has 0 saturated carbocycles. The molecule has 3 rings (SSSR count). The van der Waals surface area contributed by atoms with Gasteiger partial charge in [-0.15, -0.1) is 0 Å². The maximum Gasteiger partial charge on any atom is 0.318 e. The fourth-order valence-electron chi connectivity index (χ4n) is 3.99. The van der Waals surface area contributed by atoms with Crippen LogP contribution in [0.4, 0.5) is 4.79 Å². The molecule has 1 saturated heterocycles. The lowest BCUT2D eigenvalue weighted by atomic mass is 9.88. The number of aryl methyl sites for hydroxylation is 1. The Labute approximate surface area is 179 Å². The quantitative estimate of drug-likeness (QED) is 0.744. The van der Waals surface area contributed by atoms with Crippen molar-refractivity contribution in [2.75, 3.05) is 6.54 Å². The van der Waals surface area contributed by atoms with E-state index in [1.807, 2.05) is 49.1 Å². The van der Waals surface area contributed by atoms with Gasteiger partial charge in [-0.1, -0.05) is 61.5 Å².